The molecule has 4 rings (SSSR count). The lowest BCUT2D eigenvalue weighted by Crippen LogP contribution is -2.30. The van der Waals surface area contributed by atoms with Crippen LogP contribution in [0.4, 0.5) is 5.69 Å². The number of hydrogen-bond acceptors (Lipinski definition) is 3. The Labute approximate surface area is 129 Å². The van der Waals surface area contributed by atoms with Crippen LogP contribution in [0.5, 0.6) is 0 Å². The van der Waals surface area contributed by atoms with Crippen LogP contribution in [0, 0.1) is 0 Å². The van der Waals surface area contributed by atoms with Crippen molar-refractivity contribution in [2.24, 2.45) is 0 Å². The molecule has 2 aliphatic rings. The van der Waals surface area contributed by atoms with Crippen molar-refractivity contribution in [1.82, 2.24) is 10.2 Å². The molecular formula is C17H19N3O2. The van der Waals surface area contributed by atoms with E-state index in [0.29, 0.717) is 18.1 Å². The zero-order chi connectivity index (χ0) is 15.1. The monoisotopic (exact) mass is 297 g/mol. The number of nitrogens with one attached hydrogen (secondary N) is 1. The van der Waals surface area contributed by atoms with Gasteiger partial charge in [-0.25, -0.2) is 0 Å². The van der Waals surface area contributed by atoms with Gasteiger partial charge in [-0.05, 0) is 18.1 Å². The number of ether oxygens (including phenoxy) is 1. The van der Waals surface area contributed by atoms with Gasteiger partial charge in [0.25, 0.3) is 5.91 Å². The van der Waals surface area contributed by atoms with E-state index in [1.807, 2.05) is 23.1 Å². The van der Waals surface area contributed by atoms with Crippen LogP contribution in [0.15, 0.2) is 30.5 Å². The third-order valence-corrected chi connectivity index (χ3v) is 4.70. The molecule has 114 valence electrons. The Morgan fingerprint density at radius 2 is 2.27 bits per heavy atom. The van der Waals surface area contributed by atoms with Crippen molar-refractivity contribution < 1.29 is 9.53 Å². The Bertz CT molecular complexity index is 703. The summed E-state index contributed by atoms with van der Waals surface area (Å²) in [5, 5.41) is 7.12. The van der Waals surface area contributed by atoms with Crippen molar-refractivity contribution >= 4 is 11.6 Å². The molecule has 0 spiro atoms. The number of carbonyl (C=O) groups excluding carboxylic acids is 1. The normalized spacial score (nSPS) is 23.8. The summed E-state index contributed by atoms with van der Waals surface area (Å²) >= 11 is 0. The third kappa shape index (κ3) is 2.04. The molecule has 1 aromatic carbocycles. The van der Waals surface area contributed by atoms with E-state index >= 15 is 0 Å². The van der Waals surface area contributed by atoms with E-state index in [9.17, 15) is 4.79 Å². The summed E-state index contributed by atoms with van der Waals surface area (Å²) in [6, 6.07) is 8.14. The van der Waals surface area contributed by atoms with Crippen molar-refractivity contribution in [3.63, 3.8) is 0 Å². The quantitative estimate of drug-likeness (QED) is 0.927. The number of carbonyl (C=O) groups is 1. The van der Waals surface area contributed by atoms with Crippen LogP contribution in [0.25, 0.3) is 0 Å². The van der Waals surface area contributed by atoms with E-state index in [-0.39, 0.29) is 11.8 Å². The van der Waals surface area contributed by atoms with E-state index in [1.54, 1.807) is 6.20 Å². The van der Waals surface area contributed by atoms with Crippen molar-refractivity contribution in [2.45, 2.75) is 25.2 Å². The van der Waals surface area contributed by atoms with Gasteiger partial charge in [0.2, 0.25) is 0 Å². The fourth-order valence-corrected chi connectivity index (χ4v) is 3.50. The van der Waals surface area contributed by atoms with Crippen molar-refractivity contribution in [3.8, 4) is 0 Å². The molecule has 1 aromatic heterocycles. The number of benzene rings is 1. The molecule has 2 aromatic rings. The van der Waals surface area contributed by atoms with Gasteiger partial charge in [-0.2, -0.15) is 5.10 Å². The minimum atomic E-state index is 0.0347. The first kappa shape index (κ1) is 13.5. The number of anilines is 1. The Kier molecular flexibility index (Phi) is 3.22. The zero-order valence-electron chi connectivity index (χ0n) is 12.6. The number of hydrogen-bond donors (Lipinski definition) is 1. The maximum atomic E-state index is 13.0. The van der Waals surface area contributed by atoms with Crippen molar-refractivity contribution in [1.29, 1.82) is 0 Å². The number of nitrogens with zero attached hydrogens (tertiary/aromatic N) is 2. The highest BCUT2D eigenvalue weighted by Gasteiger charge is 2.33. The van der Waals surface area contributed by atoms with Gasteiger partial charge in [0.05, 0.1) is 24.1 Å². The molecule has 5 heteroatoms. The molecule has 0 aliphatic carbocycles. The van der Waals surface area contributed by atoms with E-state index < -0.39 is 0 Å². The number of rotatable bonds is 2. The number of para-hydroxylation sites is 1. The first-order valence-electron chi connectivity index (χ1n) is 7.77. The van der Waals surface area contributed by atoms with E-state index in [1.165, 1.54) is 5.56 Å². The molecule has 2 atom stereocenters. The van der Waals surface area contributed by atoms with Gasteiger partial charge >= 0.3 is 0 Å². The second-order valence-electron chi connectivity index (χ2n) is 6.13. The molecule has 5 nitrogen and oxygen atoms in total. The lowest BCUT2D eigenvalue weighted by molar-refractivity contribution is 0.0987. The maximum Gasteiger partial charge on any atom is 0.261 e. The average molecular weight is 297 g/mol. The van der Waals surface area contributed by atoms with Crippen molar-refractivity contribution in [2.75, 3.05) is 24.7 Å². The van der Waals surface area contributed by atoms with Gasteiger partial charge in [-0.3, -0.25) is 9.89 Å². The van der Waals surface area contributed by atoms with E-state index in [0.717, 1.165) is 31.0 Å². The van der Waals surface area contributed by atoms with Gasteiger partial charge in [0.15, 0.2) is 0 Å². The summed E-state index contributed by atoms with van der Waals surface area (Å²) < 4.78 is 5.44. The van der Waals surface area contributed by atoms with E-state index in [4.69, 9.17) is 4.74 Å². The minimum absolute atomic E-state index is 0.0347. The highest BCUT2D eigenvalue weighted by Crippen LogP contribution is 2.37. The van der Waals surface area contributed by atoms with Crippen LogP contribution >= 0.6 is 0 Å². The van der Waals surface area contributed by atoms with Gasteiger partial charge < -0.3 is 9.64 Å². The summed E-state index contributed by atoms with van der Waals surface area (Å²) in [6.07, 6.45) is 2.59. The molecule has 0 bridgehead atoms. The number of aromatic amines is 1. The number of H-pyrrole nitrogens is 1. The number of aromatic nitrogens is 2. The Hall–Kier alpha value is -2.14. The molecule has 3 heterocycles. The van der Waals surface area contributed by atoms with Gasteiger partial charge in [0.1, 0.15) is 0 Å². The Morgan fingerprint density at radius 1 is 1.41 bits per heavy atom. The molecule has 2 aliphatic heterocycles. The largest absolute Gasteiger partial charge is 0.381 e. The standard InChI is InChI=1S/C17H19N3O2/c1-11-9-20(15-5-3-2-4-13(11)15)17(21)14-8-18-19-16(14)12-6-7-22-10-12/h2-5,8,11-12H,6-7,9-10H2,1H3,(H,18,19). The van der Waals surface area contributed by atoms with Gasteiger partial charge in [0, 0.05) is 30.7 Å². The lowest BCUT2D eigenvalue weighted by Gasteiger charge is -2.18. The van der Waals surface area contributed by atoms with Gasteiger partial charge in [-0.1, -0.05) is 25.1 Å². The summed E-state index contributed by atoms with van der Waals surface area (Å²) in [7, 11) is 0. The summed E-state index contributed by atoms with van der Waals surface area (Å²) in [5.74, 6) is 0.648. The van der Waals surface area contributed by atoms with Gasteiger partial charge in [-0.15, -0.1) is 0 Å². The predicted octanol–water partition coefficient (Wildman–Crippen LogP) is 2.68. The summed E-state index contributed by atoms with van der Waals surface area (Å²) in [4.78, 5) is 14.9. The second kappa shape index (κ2) is 5.25. The summed E-state index contributed by atoms with van der Waals surface area (Å²) in [5.41, 5.74) is 3.86. The molecule has 0 saturated carbocycles. The second-order valence-corrected chi connectivity index (χ2v) is 6.13. The number of fused-ring (bicyclic) bond motifs is 1. The van der Waals surface area contributed by atoms with Crippen LogP contribution < -0.4 is 4.90 Å². The van der Waals surface area contributed by atoms with Crippen LogP contribution in [0.2, 0.25) is 0 Å². The zero-order valence-corrected chi connectivity index (χ0v) is 12.6. The lowest BCUT2D eigenvalue weighted by atomic mass is 10.0. The van der Waals surface area contributed by atoms with Crippen LogP contribution in [-0.2, 0) is 4.74 Å². The smallest absolute Gasteiger partial charge is 0.261 e. The molecule has 22 heavy (non-hydrogen) atoms. The molecule has 1 saturated heterocycles. The first-order valence-corrected chi connectivity index (χ1v) is 7.77. The highest BCUT2D eigenvalue weighted by atomic mass is 16.5. The fourth-order valence-electron chi connectivity index (χ4n) is 3.50. The fraction of sp³-hybridized carbons (Fsp3) is 0.412. The van der Waals surface area contributed by atoms with E-state index in [2.05, 4.69) is 23.2 Å². The first-order chi connectivity index (χ1) is 10.8. The molecule has 1 amide bonds. The summed E-state index contributed by atoms with van der Waals surface area (Å²) in [6.45, 7) is 4.30. The third-order valence-electron chi connectivity index (χ3n) is 4.70. The topological polar surface area (TPSA) is 58.2 Å². The molecular weight excluding hydrogens is 278 g/mol. The van der Waals surface area contributed by atoms with Crippen LogP contribution in [0.3, 0.4) is 0 Å². The average Bonchev–Trinajstić information content (AvgIpc) is 3.26. The molecule has 1 N–H and O–H groups in total. The highest BCUT2D eigenvalue weighted by molar-refractivity contribution is 6.08. The van der Waals surface area contributed by atoms with Crippen LogP contribution in [-0.4, -0.2) is 35.9 Å². The minimum Gasteiger partial charge on any atom is -0.381 e. The Balaban J connectivity index is 1.68. The number of amides is 1. The Morgan fingerprint density at radius 3 is 3.09 bits per heavy atom. The van der Waals surface area contributed by atoms with Crippen molar-refractivity contribution in [3.05, 3.63) is 47.3 Å². The molecule has 1 fully saturated rings. The predicted molar refractivity (Wildman–Crippen MR) is 83.3 cm³/mol. The SMILES string of the molecule is CC1CN(C(=O)c2cn[nH]c2C2CCOC2)c2ccccc21. The van der Waals surface area contributed by atoms with Crippen LogP contribution in [0.1, 0.15) is 46.8 Å². The molecule has 2 unspecified atom stereocenters. The maximum absolute atomic E-state index is 13.0. The molecule has 0 radical (unpaired) electrons.